The van der Waals surface area contributed by atoms with Gasteiger partial charge in [-0.05, 0) is 28.8 Å². The molecule has 0 bridgehead atoms. The average molecular weight is 298 g/mol. The van der Waals surface area contributed by atoms with Gasteiger partial charge in [0.2, 0.25) is 5.95 Å². The molecule has 90 valence electrons. The van der Waals surface area contributed by atoms with Crippen LogP contribution in [0.4, 0.5) is 5.95 Å². The van der Waals surface area contributed by atoms with Crippen LogP contribution in [0.2, 0.25) is 0 Å². The van der Waals surface area contributed by atoms with Gasteiger partial charge in [-0.25, -0.2) is 4.98 Å². The van der Waals surface area contributed by atoms with Crippen LogP contribution in [0.15, 0.2) is 9.53 Å². The Morgan fingerprint density at radius 3 is 2.76 bits per heavy atom. The van der Waals surface area contributed by atoms with Crippen molar-refractivity contribution >= 4 is 33.0 Å². The topological polar surface area (TPSA) is 89.6 Å². The van der Waals surface area contributed by atoms with Crippen LogP contribution in [0.25, 0.3) is 11.2 Å². The van der Waals surface area contributed by atoms with Gasteiger partial charge in [-0.3, -0.25) is 14.3 Å². The molecule has 3 rings (SSSR count). The minimum Gasteiger partial charge on any atom is -0.369 e. The number of nitrogen functional groups attached to an aromatic ring is 1. The van der Waals surface area contributed by atoms with Crippen LogP contribution in [-0.2, 0) is 0 Å². The third-order valence-electron chi connectivity index (χ3n) is 3.22. The van der Waals surface area contributed by atoms with Gasteiger partial charge in [0.05, 0.1) is 0 Å². The molecule has 0 saturated heterocycles. The second-order valence-electron chi connectivity index (χ2n) is 4.31. The van der Waals surface area contributed by atoms with Gasteiger partial charge < -0.3 is 5.73 Å². The number of halogens is 1. The van der Waals surface area contributed by atoms with E-state index in [4.69, 9.17) is 5.73 Å². The number of nitrogens with zero attached hydrogens (tertiary/aromatic N) is 3. The van der Waals surface area contributed by atoms with E-state index in [1.807, 2.05) is 4.57 Å². The predicted molar refractivity (Wildman–Crippen MR) is 67.8 cm³/mol. The Hall–Kier alpha value is -1.37. The lowest BCUT2D eigenvalue weighted by Crippen LogP contribution is -2.13. The fraction of sp³-hybridized carbons (Fsp3) is 0.500. The van der Waals surface area contributed by atoms with Crippen LogP contribution in [0, 0.1) is 0 Å². The van der Waals surface area contributed by atoms with E-state index in [-0.39, 0.29) is 11.5 Å². The van der Waals surface area contributed by atoms with Gasteiger partial charge in [0.1, 0.15) is 0 Å². The minimum atomic E-state index is -0.287. The number of nitrogens with two attached hydrogens (primary N) is 1. The van der Waals surface area contributed by atoms with Gasteiger partial charge in [-0.15, -0.1) is 0 Å². The number of H-pyrrole nitrogens is 1. The lowest BCUT2D eigenvalue weighted by molar-refractivity contribution is 0.519. The Bertz CT molecular complexity index is 625. The lowest BCUT2D eigenvalue weighted by Gasteiger charge is -2.12. The Morgan fingerprint density at radius 1 is 1.35 bits per heavy atom. The first-order valence-corrected chi connectivity index (χ1v) is 6.39. The van der Waals surface area contributed by atoms with Crippen LogP contribution < -0.4 is 11.3 Å². The first kappa shape index (κ1) is 10.8. The van der Waals surface area contributed by atoms with Crippen molar-refractivity contribution in [3.8, 4) is 0 Å². The maximum atomic E-state index is 11.7. The van der Waals surface area contributed by atoms with E-state index >= 15 is 0 Å². The monoisotopic (exact) mass is 297 g/mol. The summed E-state index contributed by atoms with van der Waals surface area (Å²) in [7, 11) is 0. The summed E-state index contributed by atoms with van der Waals surface area (Å²) in [5, 5.41) is 0. The molecule has 2 heterocycles. The van der Waals surface area contributed by atoms with Crippen molar-refractivity contribution in [2.75, 3.05) is 5.73 Å². The third kappa shape index (κ3) is 1.65. The maximum Gasteiger partial charge on any atom is 0.280 e. The van der Waals surface area contributed by atoms with Crippen molar-refractivity contribution in [1.82, 2.24) is 19.5 Å². The molecule has 1 aliphatic rings. The van der Waals surface area contributed by atoms with E-state index < -0.39 is 0 Å². The number of anilines is 1. The summed E-state index contributed by atoms with van der Waals surface area (Å²) in [6.45, 7) is 0. The largest absolute Gasteiger partial charge is 0.369 e. The Morgan fingerprint density at radius 2 is 2.06 bits per heavy atom. The fourth-order valence-corrected chi connectivity index (χ4v) is 3.10. The number of aromatic nitrogens is 4. The van der Waals surface area contributed by atoms with Crippen LogP contribution in [-0.4, -0.2) is 19.5 Å². The molecule has 6 nitrogen and oxygen atoms in total. The van der Waals surface area contributed by atoms with Crippen molar-refractivity contribution in [1.29, 1.82) is 0 Å². The highest BCUT2D eigenvalue weighted by molar-refractivity contribution is 9.10. The zero-order chi connectivity index (χ0) is 12.0. The number of rotatable bonds is 1. The first-order valence-electron chi connectivity index (χ1n) is 5.60. The van der Waals surface area contributed by atoms with Gasteiger partial charge in [0.15, 0.2) is 15.9 Å². The number of nitrogens with one attached hydrogen (secondary N) is 1. The maximum absolute atomic E-state index is 11.7. The molecule has 0 aromatic carbocycles. The van der Waals surface area contributed by atoms with E-state index in [1.165, 1.54) is 12.8 Å². The number of hydrogen-bond donors (Lipinski definition) is 2. The predicted octanol–water partition coefficient (Wildman–Crippen LogP) is 1.58. The summed E-state index contributed by atoms with van der Waals surface area (Å²) in [5.74, 6) is 0.133. The molecular formula is C10H12BrN5O. The van der Waals surface area contributed by atoms with Gasteiger partial charge in [0.25, 0.3) is 5.56 Å². The molecule has 0 aliphatic heterocycles. The van der Waals surface area contributed by atoms with Crippen molar-refractivity contribution < 1.29 is 0 Å². The van der Waals surface area contributed by atoms with Crippen molar-refractivity contribution in [3.05, 3.63) is 15.1 Å². The summed E-state index contributed by atoms with van der Waals surface area (Å²) < 4.78 is 2.64. The molecule has 0 atom stereocenters. The molecule has 1 saturated carbocycles. The third-order valence-corrected chi connectivity index (χ3v) is 3.78. The molecular weight excluding hydrogens is 286 g/mol. The van der Waals surface area contributed by atoms with Crippen LogP contribution >= 0.6 is 15.9 Å². The van der Waals surface area contributed by atoms with E-state index in [0.29, 0.717) is 21.9 Å². The number of aromatic amines is 1. The zero-order valence-corrected chi connectivity index (χ0v) is 10.7. The molecule has 3 N–H and O–H groups in total. The molecule has 2 aromatic heterocycles. The summed E-state index contributed by atoms with van der Waals surface area (Å²) in [6.07, 6.45) is 4.60. The highest BCUT2D eigenvalue weighted by atomic mass is 79.9. The molecule has 1 fully saturated rings. The normalized spacial score (nSPS) is 17.0. The molecule has 1 aliphatic carbocycles. The molecule has 0 spiro atoms. The van der Waals surface area contributed by atoms with Gasteiger partial charge >= 0.3 is 0 Å². The van der Waals surface area contributed by atoms with Gasteiger partial charge in [0, 0.05) is 6.04 Å². The molecule has 0 unspecified atom stereocenters. The molecule has 0 radical (unpaired) electrons. The number of hydrogen-bond acceptors (Lipinski definition) is 4. The highest BCUT2D eigenvalue weighted by Crippen LogP contribution is 2.34. The van der Waals surface area contributed by atoms with Gasteiger partial charge in [-0.1, -0.05) is 12.8 Å². The standard InChI is InChI=1S/C10H12BrN5O/c11-9-13-6-7(14-10(12)15-8(6)17)16(9)5-3-1-2-4-5/h5H,1-4H2,(H3,12,14,15,17). The molecule has 7 heteroatoms. The summed E-state index contributed by atoms with van der Waals surface area (Å²) in [4.78, 5) is 22.6. The van der Waals surface area contributed by atoms with E-state index in [9.17, 15) is 4.79 Å². The van der Waals surface area contributed by atoms with Crippen LogP contribution in [0.3, 0.4) is 0 Å². The molecule has 17 heavy (non-hydrogen) atoms. The molecule has 2 aromatic rings. The van der Waals surface area contributed by atoms with E-state index in [0.717, 1.165) is 12.8 Å². The van der Waals surface area contributed by atoms with E-state index in [1.54, 1.807) is 0 Å². The Labute approximate surface area is 105 Å². The second-order valence-corrected chi connectivity index (χ2v) is 5.02. The molecule has 0 amide bonds. The first-order chi connectivity index (χ1) is 8.16. The summed E-state index contributed by atoms with van der Waals surface area (Å²) in [5.41, 5.74) is 6.21. The fourth-order valence-electron chi connectivity index (χ4n) is 2.46. The quantitative estimate of drug-likeness (QED) is 0.782. The van der Waals surface area contributed by atoms with Gasteiger partial charge in [-0.2, -0.15) is 4.98 Å². The van der Waals surface area contributed by atoms with Crippen molar-refractivity contribution in [3.63, 3.8) is 0 Å². The van der Waals surface area contributed by atoms with Crippen LogP contribution in [0.5, 0.6) is 0 Å². The van der Waals surface area contributed by atoms with Crippen molar-refractivity contribution in [2.45, 2.75) is 31.7 Å². The Kier molecular flexibility index (Phi) is 2.43. The lowest BCUT2D eigenvalue weighted by atomic mass is 10.2. The van der Waals surface area contributed by atoms with Crippen LogP contribution in [0.1, 0.15) is 31.7 Å². The Balaban J connectivity index is 2.29. The summed E-state index contributed by atoms with van der Waals surface area (Å²) in [6, 6.07) is 0.364. The number of fused-ring (bicyclic) bond motifs is 1. The second kappa shape index (κ2) is 3.83. The van der Waals surface area contributed by atoms with E-state index in [2.05, 4.69) is 30.9 Å². The summed E-state index contributed by atoms with van der Waals surface area (Å²) >= 11 is 3.40. The zero-order valence-electron chi connectivity index (χ0n) is 9.11. The number of imidazole rings is 1. The highest BCUT2D eigenvalue weighted by Gasteiger charge is 2.23. The SMILES string of the molecule is Nc1nc2c(nc(Br)n2C2CCCC2)c(=O)[nH]1. The van der Waals surface area contributed by atoms with Crippen molar-refractivity contribution in [2.24, 2.45) is 0 Å². The minimum absolute atomic E-state index is 0.133. The smallest absolute Gasteiger partial charge is 0.280 e. The average Bonchev–Trinajstić information content (AvgIpc) is 2.84.